The van der Waals surface area contributed by atoms with E-state index in [-0.39, 0.29) is 0 Å². The second-order valence-corrected chi connectivity index (χ2v) is 4.47. The van der Waals surface area contributed by atoms with Gasteiger partial charge in [-0.05, 0) is 25.8 Å². The van der Waals surface area contributed by atoms with Gasteiger partial charge in [-0.25, -0.2) is 0 Å². The lowest BCUT2D eigenvalue weighted by Crippen LogP contribution is -2.51. The number of amidine groups is 1. The molecule has 2 heterocycles. The molecule has 1 unspecified atom stereocenters. The summed E-state index contributed by atoms with van der Waals surface area (Å²) in [6.45, 7) is 6.81. The monoisotopic (exact) mass is 195 g/mol. The van der Waals surface area contributed by atoms with Gasteiger partial charge in [0, 0.05) is 32.1 Å². The van der Waals surface area contributed by atoms with Gasteiger partial charge in [0.2, 0.25) is 0 Å². The summed E-state index contributed by atoms with van der Waals surface area (Å²) in [6, 6.07) is 0.751. The first-order valence-corrected chi connectivity index (χ1v) is 5.87. The summed E-state index contributed by atoms with van der Waals surface area (Å²) in [5, 5.41) is 7.94. The third kappa shape index (κ3) is 1.92. The summed E-state index contributed by atoms with van der Waals surface area (Å²) in [4.78, 5) is 4.88. The van der Waals surface area contributed by atoms with E-state index in [1.54, 1.807) is 0 Å². The van der Waals surface area contributed by atoms with Crippen LogP contribution in [0.15, 0.2) is 0 Å². The molecule has 0 bridgehead atoms. The van der Waals surface area contributed by atoms with Crippen molar-refractivity contribution in [3.05, 3.63) is 0 Å². The molecule has 14 heavy (non-hydrogen) atoms. The van der Waals surface area contributed by atoms with Gasteiger partial charge in [-0.2, -0.15) is 0 Å². The van der Waals surface area contributed by atoms with E-state index < -0.39 is 0 Å². The zero-order valence-electron chi connectivity index (χ0n) is 9.13. The standard InChI is InChI=1S/C11H21N3/c1-2-4-11(12)14-8-7-13-6-3-5-10(13)9-14/h10,12H,2-9H2,1H3. The van der Waals surface area contributed by atoms with Crippen LogP contribution >= 0.6 is 0 Å². The summed E-state index contributed by atoms with van der Waals surface area (Å²) < 4.78 is 0. The van der Waals surface area contributed by atoms with Gasteiger partial charge in [0.1, 0.15) is 0 Å². The Morgan fingerprint density at radius 3 is 3.00 bits per heavy atom. The first kappa shape index (κ1) is 9.97. The van der Waals surface area contributed by atoms with Crippen molar-refractivity contribution in [2.45, 2.75) is 38.6 Å². The van der Waals surface area contributed by atoms with E-state index in [0.717, 1.165) is 37.8 Å². The number of nitrogens with zero attached hydrogens (tertiary/aromatic N) is 2. The lowest BCUT2D eigenvalue weighted by atomic mass is 10.1. The van der Waals surface area contributed by atoms with Crippen LogP contribution in [-0.2, 0) is 0 Å². The Balaban J connectivity index is 1.87. The highest BCUT2D eigenvalue weighted by molar-refractivity contribution is 5.79. The molecular weight excluding hydrogens is 174 g/mol. The highest BCUT2D eigenvalue weighted by Gasteiger charge is 2.30. The molecule has 2 aliphatic rings. The smallest absolute Gasteiger partial charge is 0.0958 e. The molecule has 0 aromatic heterocycles. The van der Waals surface area contributed by atoms with Crippen molar-refractivity contribution >= 4 is 5.84 Å². The molecule has 0 amide bonds. The minimum Gasteiger partial charge on any atom is -0.358 e. The zero-order chi connectivity index (χ0) is 9.97. The first-order valence-electron chi connectivity index (χ1n) is 5.87. The van der Waals surface area contributed by atoms with E-state index in [1.807, 2.05) is 0 Å². The molecule has 2 saturated heterocycles. The van der Waals surface area contributed by atoms with E-state index in [0.29, 0.717) is 0 Å². The van der Waals surface area contributed by atoms with Gasteiger partial charge in [0.25, 0.3) is 0 Å². The number of hydrogen-bond donors (Lipinski definition) is 1. The highest BCUT2D eigenvalue weighted by atomic mass is 15.3. The van der Waals surface area contributed by atoms with Crippen LogP contribution < -0.4 is 0 Å². The second kappa shape index (κ2) is 4.30. The summed E-state index contributed by atoms with van der Waals surface area (Å²) in [5.41, 5.74) is 0. The van der Waals surface area contributed by atoms with Crippen molar-refractivity contribution in [3.63, 3.8) is 0 Å². The van der Waals surface area contributed by atoms with Crippen LogP contribution in [-0.4, -0.2) is 47.9 Å². The number of hydrogen-bond acceptors (Lipinski definition) is 2. The van der Waals surface area contributed by atoms with E-state index in [4.69, 9.17) is 5.41 Å². The first-order chi connectivity index (χ1) is 6.81. The molecule has 0 aromatic rings. The van der Waals surface area contributed by atoms with Gasteiger partial charge >= 0.3 is 0 Å². The van der Waals surface area contributed by atoms with E-state index >= 15 is 0 Å². The molecule has 3 nitrogen and oxygen atoms in total. The molecule has 1 N–H and O–H groups in total. The van der Waals surface area contributed by atoms with Crippen LogP contribution in [0.5, 0.6) is 0 Å². The Morgan fingerprint density at radius 2 is 2.21 bits per heavy atom. The summed E-state index contributed by atoms with van der Waals surface area (Å²) in [5.74, 6) is 0.860. The SMILES string of the molecule is CCCC(=N)N1CCN2CCCC2C1. The Bertz CT molecular complexity index is 215. The molecule has 0 radical (unpaired) electrons. The van der Waals surface area contributed by atoms with Crippen molar-refractivity contribution in [3.8, 4) is 0 Å². The Hall–Kier alpha value is -0.570. The fraction of sp³-hybridized carbons (Fsp3) is 0.909. The van der Waals surface area contributed by atoms with Crippen LogP contribution in [0.25, 0.3) is 0 Å². The Kier molecular flexibility index (Phi) is 3.06. The lowest BCUT2D eigenvalue weighted by Gasteiger charge is -2.38. The van der Waals surface area contributed by atoms with Gasteiger partial charge in [0.05, 0.1) is 5.84 Å². The maximum absolute atomic E-state index is 7.94. The largest absolute Gasteiger partial charge is 0.358 e. The average Bonchev–Trinajstić information content (AvgIpc) is 2.64. The second-order valence-electron chi connectivity index (χ2n) is 4.47. The maximum Gasteiger partial charge on any atom is 0.0958 e. The maximum atomic E-state index is 7.94. The molecule has 0 spiro atoms. The normalized spacial score (nSPS) is 27.8. The van der Waals surface area contributed by atoms with Crippen molar-refractivity contribution in [1.29, 1.82) is 5.41 Å². The number of fused-ring (bicyclic) bond motifs is 1. The van der Waals surface area contributed by atoms with Crippen molar-refractivity contribution in [2.75, 3.05) is 26.2 Å². The fourth-order valence-corrected chi connectivity index (χ4v) is 2.63. The number of piperazine rings is 1. The van der Waals surface area contributed by atoms with Crippen LogP contribution in [0.3, 0.4) is 0 Å². The van der Waals surface area contributed by atoms with Gasteiger partial charge in [0.15, 0.2) is 0 Å². The average molecular weight is 195 g/mol. The molecule has 2 aliphatic heterocycles. The third-order valence-corrected chi connectivity index (χ3v) is 3.46. The van der Waals surface area contributed by atoms with Gasteiger partial charge < -0.3 is 4.90 Å². The molecule has 0 aliphatic carbocycles. The number of rotatable bonds is 2. The Labute approximate surface area is 86.6 Å². The molecule has 3 heteroatoms. The topological polar surface area (TPSA) is 30.3 Å². The van der Waals surface area contributed by atoms with Crippen molar-refractivity contribution in [1.82, 2.24) is 9.80 Å². The van der Waals surface area contributed by atoms with Crippen LogP contribution in [0.4, 0.5) is 0 Å². The van der Waals surface area contributed by atoms with E-state index in [2.05, 4.69) is 16.7 Å². The molecule has 80 valence electrons. The van der Waals surface area contributed by atoms with Gasteiger partial charge in [-0.1, -0.05) is 6.92 Å². The fourth-order valence-electron chi connectivity index (χ4n) is 2.63. The predicted molar refractivity (Wildman–Crippen MR) is 58.8 cm³/mol. The number of nitrogens with one attached hydrogen (secondary N) is 1. The minimum atomic E-state index is 0.751. The van der Waals surface area contributed by atoms with E-state index in [9.17, 15) is 0 Å². The molecular formula is C11H21N3. The van der Waals surface area contributed by atoms with Crippen LogP contribution in [0.1, 0.15) is 32.6 Å². The highest BCUT2D eigenvalue weighted by Crippen LogP contribution is 2.21. The Morgan fingerprint density at radius 1 is 1.36 bits per heavy atom. The van der Waals surface area contributed by atoms with E-state index in [1.165, 1.54) is 25.9 Å². The quantitative estimate of drug-likeness (QED) is 0.535. The van der Waals surface area contributed by atoms with Crippen molar-refractivity contribution in [2.24, 2.45) is 0 Å². The van der Waals surface area contributed by atoms with Gasteiger partial charge in [-0.15, -0.1) is 0 Å². The lowest BCUT2D eigenvalue weighted by molar-refractivity contribution is 0.149. The molecule has 0 aromatic carbocycles. The summed E-state index contributed by atoms with van der Waals surface area (Å²) >= 11 is 0. The molecule has 1 atom stereocenters. The third-order valence-electron chi connectivity index (χ3n) is 3.46. The zero-order valence-corrected chi connectivity index (χ0v) is 9.13. The summed E-state index contributed by atoms with van der Waals surface area (Å²) in [6.07, 6.45) is 4.76. The molecule has 0 saturated carbocycles. The molecule has 2 rings (SSSR count). The van der Waals surface area contributed by atoms with Crippen molar-refractivity contribution < 1.29 is 0 Å². The summed E-state index contributed by atoms with van der Waals surface area (Å²) in [7, 11) is 0. The van der Waals surface area contributed by atoms with Crippen LogP contribution in [0.2, 0.25) is 0 Å². The minimum absolute atomic E-state index is 0.751. The predicted octanol–water partition coefficient (Wildman–Crippen LogP) is 1.54. The van der Waals surface area contributed by atoms with Crippen LogP contribution in [0, 0.1) is 5.41 Å². The molecule has 2 fully saturated rings. The van der Waals surface area contributed by atoms with Gasteiger partial charge in [-0.3, -0.25) is 10.3 Å².